The van der Waals surface area contributed by atoms with Gasteiger partial charge in [-0.1, -0.05) is 6.42 Å². The Bertz CT molecular complexity index is 408. The van der Waals surface area contributed by atoms with Crippen molar-refractivity contribution in [2.45, 2.75) is 37.9 Å². The molecule has 1 aliphatic heterocycles. The van der Waals surface area contributed by atoms with Crippen LogP contribution in [0.3, 0.4) is 0 Å². The molecule has 0 unspecified atom stereocenters. The van der Waals surface area contributed by atoms with Crippen molar-refractivity contribution in [2.24, 2.45) is 0 Å². The predicted octanol–water partition coefficient (Wildman–Crippen LogP) is 0.591. The average Bonchev–Trinajstić information content (AvgIpc) is 2.62. The van der Waals surface area contributed by atoms with Crippen LogP contribution in [-0.2, 0) is 34.7 Å². The smallest absolute Gasteiger partial charge is 0.261 e. The van der Waals surface area contributed by atoms with Gasteiger partial charge in [0.2, 0.25) is 5.79 Å². The Labute approximate surface area is 118 Å². The lowest BCUT2D eigenvalue weighted by atomic mass is 9.94. The van der Waals surface area contributed by atoms with Crippen molar-refractivity contribution in [3.05, 3.63) is 0 Å². The van der Waals surface area contributed by atoms with E-state index in [1.807, 2.05) is 0 Å². The lowest BCUT2D eigenvalue weighted by Crippen LogP contribution is -2.32. The van der Waals surface area contributed by atoms with E-state index < -0.39 is 20.2 Å². The number of ether oxygens (including phenoxy) is 1. The molecule has 1 aliphatic carbocycles. The summed E-state index contributed by atoms with van der Waals surface area (Å²) in [5.41, 5.74) is 0. The van der Waals surface area contributed by atoms with E-state index in [0.717, 1.165) is 12.8 Å². The first kappa shape index (κ1) is 19.7. The SMILES string of the molecule is C1CCC2(CC1)OCOO2.CS(=O)(=O)O.CS(=O)(=O)O. The molecule has 2 N–H and O–H groups in total. The van der Waals surface area contributed by atoms with Gasteiger partial charge in [0.15, 0.2) is 6.79 Å². The molecule has 20 heavy (non-hydrogen) atoms. The Hall–Kier alpha value is -0.300. The first-order chi connectivity index (χ1) is 8.91. The molecule has 11 heteroatoms. The van der Waals surface area contributed by atoms with E-state index >= 15 is 0 Å². The van der Waals surface area contributed by atoms with Crippen LogP contribution in [0.1, 0.15) is 32.1 Å². The second kappa shape index (κ2) is 8.22. The second-order valence-corrected chi connectivity index (χ2v) is 7.33. The zero-order valence-corrected chi connectivity index (χ0v) is 12.9. The molecular formula is C9H20O9S2. The number of hydrogen-bond acceptors (Lipinski definition) is 7. The van der Waals surface area contributed by atoms with Crippen LogP contribution in [0.5, 0.6) is 0 Å². The van der Waals surface area contributed by atoms with Gasteiger partial charge in [0.1, 0.15) is 0 Å². The minimum Gasteiger partial charge on any atom is -0.318 e. The van der Waals surface area contributed by atoms with Gasteiger partial charge in [-0.15, -0.1) is 0 Å². The van der Waals surface area contributed by atoms with Crippen LogP contribution < -0.4 is 0 Å². The normalized spacial score (nSPS) is 21.4. The topological polar surface area (TPSA) is 136 Å². The van der Waals surface area contributed by atoms with E-state index in [1.54, 1.807) is 0 Å². The van der Waals surface area contributed by atoms with Crippen LogP contribution in [0.15, 0.2) is 0 Å². The van der Waals surface area contributed by atoms with Crippen molar-refractivity contribution in [1.29, 1.82) is 0 Å². The molecule has 1 spiro atoms. The van der Waals surface area contributed by atoms with Crippen LogP contribution in [0.25, 0.3) is 0 Å². The highest BCUT2D eigenvalue weighted by Crippen LogP contribution is 2.35. The van der Waals surface area contributed by atoms with Gasteiger partial charge < -0.3 is 4.74 Å². The van der Waals surface area contributed by atoms with Crippen molar-refractivity contribution in [3.63, 3.8) is 0 Å². The summed E-state index contributed by atoms with van der Waals surface area (Å²) in [5.74, 6) is -0.349. The van der Waals surface area contributed by atoms with Crippen LogP contribution >= 0.6 is 0 Å². The van der Waals surface area contributed by atoms with E-state index in [9.17, 15) is 16.8 Å². The molecule has 1 heterocycles. The Balaban J connectivity index is 0.000000310. The third-order valence-electron chi connectivity index (χ3n) is 2.20. The molecule has 0 radical (unpaired) electrons. The standard InChI is InChI=1S/C7H12O3.2CH4O3S/c1-2-4-7(5-3-1)8-6-9-10-7;2*1-5(2,3)4/h1-6H2;2*1H3,(H,2,3,4). The summed E-state index contributed by atoms with van der Waals surface area (Å²) in [6.07, 6.45) is 7.11. The molecule has 0 atom stereocenters. The Morgan fingerprint density at radius 2 is 1.30 bits per heavy atom. The summed E-state index contributed by atoms with van der Waals surface area (Å²) in [6, 6.07) is 0. The fraction of sp³-hybridized carbons (Fsp3) is 1.00. The van der Waals surface area contributed by atoms with Gasteiger partial charge in [0.25, 0.3) is 20.2 Å². The van der Waals surface area contributed by atoms with Crippen molar-refractivity contribution >= 4 is 20.2 Å². The maximum Gasteiger partial charge on any atom is 0.261 e. The van der Waals surface area contributed by atoms with Gasteiger partial charge in [-0.05, 0) is 12.8 Å². The van der Waals surface area contributed by atoms with Gasteiger partial charge in [-0.2, -0.15) is 21.7 Å². The van der Waals surface area contributed by atoms with E-state index in [1.165, 1.54) is 19.3 Å². The summed E-state index contributed by atoms with van der Waals surface area (Å²) in [4.78, 5) is 9.77. The fourth-order valence-electron chi connectivity index (χ4n) is 1.61. The molecule has 1 saturated carbocycles. The third kappa shape index (κ3) is 14.1. The molecule has 0 aromatic rings. The molecule has 122 valence electrons. The summed E-state index contributed by atoms with van der Waals surface area (Å²) in [7, 11) is -7.33. The van der Waals surface area contributed by atoms with Gasteiger partial charge in [0, 0.05) is 12.8 Å². The molecule has 2 aliphatic rings. The van der Waals surface area contributed by atoms with Crippen molar-refractivity contribution < 1.29 is 40.5 Å². The summed E-state index contributed by atoms with van der Waals surface area (Å²) in [6.45, 7) is 0.306. The zero-order chi connectivity index (χ0) is 15.9. The lowest BCUT2D eigenvalue weighted by molar-refractivity contribution is -0.328. The monoisotopic (exact) mass is 336 g/mol. The number of hydrogen-bond donors (Lipinski definition) is 2. The molecule has 2 rings (SSSR count). The van der Waals surface area contributed by atoms with Crippen LogP contribution in [0.2, 0.25) is 0 Å². The minimum atomic E-state index is -3.67. The number of rotatable bonds is 0. The van der Waals surface area contributed by atoms with Crippen molar-refractivity contribution in [1.82, 2.24) is 0 Å². The molecular weight excluding hydrogens is 316 g/mol. The largest absolute Gasteiger partial charge is 0.318 e. The highest BCUT2D eigenvalue weighted by molar-refractivity contribution is 7.85. The van der Waals surface area contributed by atoms with E-state index in [-0.39, 0.29) is 5.79 Å². The molecule has 0 bridgehead atoms. The predicted molar refractivity (Wildman–Crippen MR) is 68.9 cm³/mol. The Morgan fingerprint density at radius 1 is 0.900 bits per heavy atom. The fourth-order valence-corrected chi connectivity index (χ4v) is 1.61. The summed E-state index contributed by atoms with van der Waals surface area (Å²) >= 11 is 0. The highest BCUT2D eigenvalue weighted by atomic mass is 32.2. The molecule has 2 fully saturated rings. The molecule has 0 aromatic heterocycles. The van der Waals surface area contributed by atoms with Gasteiger partial charge in [-0.25, -0.2) is 4.89 Å². The van der Waals surface area contributed by atoms with E-state index in [4.69, 9.17) is 23.6 Å². The maximum absolute atomic E-state index is 9.19. The lowest BCUT2D eigenvalue weighted by Gasteiger charge is -2.27. The Morgan fingerprint density at radius 3 is 1.60 bits per heavy atom. The summed E-state index contributed by atoms with van der Waals surface area (Å²) < 4.78 is 57.1. The second-order valence-electron chi connectivity index (χ2n) is 4.40. The van der Waals surface area contributed by atoms with Gasteiger partial charge >= 0.3 is 0 Å². The zero-order valence-electron chi connectivity index (χ0n) is 11.3. The molecule has 0 aromatic carbocycles. The van der Waals surface area contributed by atoms with Gasteiger partial charge in [0.05, 0.1) is 12.5 Å². The van der Waals surface area contributed by atoms with Crippen LogP contribution in [0, 0.1) is 0 Å². The first-order valence-electron chi connectivity index (χ1n) is 5.71. The summed E-state index contributed by atoms with van der Waals surface area (Å²) in [5, 5.41) is 0. The first-order valence-corrected chi connectivity index (χ1v) is 9.40. The molecule has 9 nitrogen and oxygen atoms in total. The third-order valence-corrected chi connectivity index (χ3v) is 2.20. The maximum atomic E-state index is 9.19. The van der Waals surface area contributed by atoms with Crippen molar-refractivity contribution in [3.8, 4) is 0 Å². The highest BCUT2D eigenvalue weighted by Gasteiger charge is 2.39. The quantitative estimate of drug-likeness (QED) is 0.481. The minimum absolute atomic E-state index is 0.306. The van der Waals surface area contributed by atoms with Gasteiger partial charge in [-0.3, -0.25) is 9.11 Å². The van der Waals surface area contributed by atoms with Crippen molar-refractivity contribution in [2.75, 3.05) is 19.3 Å². The molecule has 0 amide bonds. The molecule has 1 saturated heterocycles. The average molecular weight is 336 g/mol. The van der Waals surface area contributed by atoms with Crippen LogP contribution in [0.4, 0.5) is 0 Å². The van der Waals surface area contributed by atoms with E-state index in [0.29, 0.717) is 19.3 Å². The van der Waals surface area contributed by atoms with Crippen LogP contribution in [-0.4, -0.2) is 51.0 Å². The Kier molecular flexibility index (Phi) is 8.09. The van der Waals surface area contributed by atoms with E-state index in [2.05, 4.69) is 0 Å².